The van der Waals surface area contributed by atoms with Gasteiger partial charge in [-0.2, -0.15) is 0 Å². The van der Waals surface area contributed by atoms with Crippen LogP contribution in [0.2, 0.25) is 0 Å². The Balaban J connectivity index is 3.61. The van der Waals surface area contributed by atoms with Gasteiger partial charge in [0.15, 0.2) is 0 Å². The predicted molar refractivity (Wildman–Crippen MR) is 60.4 cm³/mol. The van der Waals surface area contributed by atoms with Crippen molar-refractivity contribution in [3.63, 3.8) is 0 Å². The smallest absolute Gasteiger partial charge is 0.0514 e. The maximum Gasteiger partial charge on any atom is 0.0514 e. The Bertz CT molecular complexity index is 113. The number of aliphatic hydroxyl groups is 1. The van der Waals surface area contributed by atoms with Crippen LogP contribution in [0.15, 0.2) is 0 Å². The second kappa shape index (κ2) is 9.47. The fraction of sp³-hybridized carbons (Fsp3) is 1.00. The number of unbranched alkanes of at least 4 members (excludes halogenated alkanes) is 1. The van der Waals surface area contributed by atoms with Crippen LogP contribution in [0.4, 0.5) is 0 Å². The Morgan fingerprint density at radius 3 is 2.36 bits per heavy atom. The summed E-state index contributed by atoms with van der Waals surface area (Å²) in [4.78, 5) is 0. The van der Waals surface area contributed by atoms with E-state index in [2.05, 4.69) is 6.92 Å². The van der Waals surface area contributed by atoms with E-state index in [-0.39, 0.29) is 6.10 Å². The van der Waals surface area contributed by atoms with E-state index < -0.39 is 0 Å². The van der Waals surface area contributed by atoms with Gasteiger partial charge in [-0.25, -0.2) is 0 Å². The molecular formula is C12H26O2. The van der Waals surface area contributed by atoms with E-state index in [0.717, 1.165) is 19.4 Å². The third-order valence-electron chi connectivity index (χ3n) is 2.60. The minimum absolute atomic E-state index is 0.153. The Kier molecular flexibility index (Phi) is 9.42. The molecule has 0 amide bonds. The van der Waals surface area contributed by atoms with Crippen LogP contribution in [0.5, 0.6) is 0 Å². The van der Waals surface area contributed by atoms with Crippen molar-refractivity contribution < 1.29 is 9.84 Å². The maximum absolute atomic E-state index is 9.35. The first-order chi connectivity index (χ1) is 6.70. The van der Waals surface area contributed by atoms with Crippen LogP contribution >= 0.6 is 0 Å². The van der Waals surface area contributed by atoms with Crippen LogP contribution in [0.25, 0.3) is 0 Å². The van der Waals surface area contributed by atoms with Gasteiger partial charge in [0.2, 0.25) is 0 Å². The molecule has 0 aromatic heterocycles. The molecule has 1 N–H and O–H groups in total. The molecule has 0 aliphatic heterocycles. The van der Waals surface area contributed by atoms with Gasteiger partial charge in [0, 0.05) is 13.7 Å². The average Bonchev–Trinajstić information content (AvgIpc) is 2.13. The highest BCUT2D eigenvalue weighted by molar-refractivity contribution is 4.63. The lowest BCUT2D eigenvalue weighted by molar-refractivity contribution is 0.142. The highest BCUT2D eigenvalue weighted by Crippen LogP contribution is 2.20. The van der Waals surface area contributed by atoms with Crippen molar-refractivity contribution in [2.75, 3.05) is 13.7 Å². The highest BCUT2D eigenvalue weighted by Gasteiger charge is 2.10. The molecule has 0 heterocycles. The molecule has 0 aliphatic rings. The van der Waals surface area contributed by atoms with Crippen molar-refractivity contribution in [2.24, 2.45) is 5.92 Å². The molecule has 0 fully saturated rings. The minimum Gasteiger partial charge on any atom is -0.393 e. The van der Waals surface area contributed by atoms with Gasteiger partial charge in [-0.3, -0.25) is 0 Å². The van der Waals surface area contributed by atoms with Crippen molar-refractivity contribution in [3.05, 3.63) is 0 Å². The fourth-order valence-corrected chi connectivity index (χ4v) is 1.87. The van der Waals surface area contributed by atoms with Gasteiger partial charge >= 0.3 is 0 Å². The van der Waals surface area contributed by atoms with Crippen molar-refractivity contribution in [2.45, 2.75) is 58.5 Å². The molecule has 0 rings (SSSR count). The van der Waals surface area contributed by atoms with E-state index in [9.17, 15) is 5.11 Å². The summed E-state index contributed by atoms with van der Waals surface area (Å²) in [6.45, 7) is 4.95. The SMILES string of the molecule is CCCCC(CCCOC)CC(C)O. The molecule has 2 unspecified atom stereocenters. The predicted octanol–water partition coefficient (Wildman–Crippen LogP) is 2.99. The van der Waals surface area contributed by atoms with E-state index in [1.165, 1.54) is 25.7 Å². The van der Waals surface area contributed by atoms with E-state index in [4.69, 9.17) is 4.74 Å². The summed E-state index contributed by atoms with van der Waals surface area (Å²) in [6.07, 6.45) is 6.90. The zero-order valence-electron chi connectivity index (χ0n) is 9.96. The summed E-state index contributed by atoms with van der Waals surface area (Å²) in [5.41, 5.74) is 0. The molecule has 0 saturated carbocycles. The van der Waals surface area contributed by atoms with Gasteiger partial charge in [-0.05, 0) is 32.1 Å². The number of methoxy groups -OCH3 is 1. The number of ether oxygens (including phenoxy) is 1. The zero-order chi connectivity index (χ0) is 10.8. The summed E-state index contributed by atoms with van der Waals surface area (Å²) in [6, 6.07) is 0. The molecule has 2 heteroatoms. The van der Waals surface area contributed by atoms with E-state index >= 15 is 0 Å². The van der Waals surface area contributed by atoms with Crippen LogP contribution in [0, 0.1) is 5.92 Å². The van der Waals surface area contributed by atoms with E-state index in [1.54, 1.807) is 7.11 Å². The Morgan fingerprint density at radius 2 is 1.86 bits per heavy atom. The van der Waals surface area contributed by atoms with Crippen LogP contribution < -0.4 is 0 Å². The largest absolute Gasteiger partial charge is 0.393 e. The molecule has 0 aromatic carbocycles. The Hall–Kier alpha value is -0.0800. The first kappa shape index (κ1) is 13.9. The summed E-state index contributed by atoms with van der Waals surface area (Å²) >= 11 is 0. The molecule has 0 radical (unpaired) electrons. The van der Waals surface area contributed by atoms with Gasteiger partial charge < -0.3 is 9.84 Å². The number of rotatable bonds is 9. The van der Waals surface area contributed by atoms with Crippen molar-refractivity contribution >= 4 is 0 Å². The van der Waals surface area contributed by atoms with E-state index in [1.807, 2.05) is 6.92 Å². The van der Waals surface area contributed by atoms with Gasteiger partial charge in [-0.1, -0.05) is 26.2 Å². The lowest BCUT2D eigenvalue weighted by Crippen LogP contribution is -2.11. The Morgan fingerprint density at radius 1 is 1.21 bits per heavy atom. The molecule has 0 spiro atoms. The van der Waals surface area contributed by atoms with Crippen LogP contribution in [-0.4, -0.2) is 24.9 Å². The van der Waals surface area contributed by atoms with Gasteiger partial charge in [0.25, 0.3) is 0 Å². The third-order valence-corrected chi connectivity index (χ3v) is 2.60. The Labute approximate surface area is 88.7 Å². The first-order valence-electron chi connectivity index (χ1n) is 5.87. The number of aliphatic hydroxyl groups excluding tert-OH is 1. The molecule has 86 valence electrons. The first-order valence-corrected chi connectivity index (χ1v) is 5.87. The summed E-state index contributed by atoms with van der Waals surface area (Å²) in [5, 5.41) is 9.35. The number of hydrogen-bond acceptors (Lipinski definition) is 2. The van der Waals surface area contributed by atoms with Crippen molar-refractivity contribution in [1.29, 1.82) is 0 Å². The third kappa shape index (κ3) is 8.52. The zero-order valence-corrected chi connectivity index (χ0v) is 9.96. The van der Waals surface area contributed by atoms with Crippen LogP contribution in [0.3, 0.4) is 0 Å². The van der Waals surface area contributed by atoms with E-state index in [0.29, 0.717) is 5.92 Å². The highest BCUT2D eigenvalue weighted by atomic mass is 16.5. The summed E-state index contributed by atoms with van der Waals surface area (Å²) in [7, 11) is 1.75. The molecule has 14 heavy (non-hydrogen) atoms. The molecule has 2 nitrogen and oxygen atoms in total. The van der Waals surface area contributed by atoms with Crippen molar-refractivity contribution in [3.8, 4) is 0 Å². The lowest BCUT2D eigenvalue weighted by atomic mass is 9.92. The fourth-order valence-electron chi connectivity index (χ4n) is 1.87. The topological polar surface area (TPSA) is 29.5 Å². The van der Waals surface area contributed by atoms with Crippen LogP contribution in [0.1, 0.15) is 52.4 Å². The monoisotopic (exact) mass is 202 g/mol. The van der Waals surface area contributed by atoms with Crippen LogP contribution in [-0.2, 0) is 4.74 Å². The summed E-state index contributed by atoms with van der Waals surface area (Å²) in [5.74, 6) is 0.685. The normalized spacial score (nSPS) is 15.4. The summed E-state index contributed by atoms with van der Waals surface area (Å²) < 4.78 is 5.04. The number of hydrogen-bond donors (Lipinski definition) is 1. The van der Waals surface area contributed by atoms with Gasteiger partial charge in [-0.15, -0.1) is 0 Å². The maximum atomic E-state index is 9.35. The lowest BCUT2D eigenvalue weighted by Gasteiger charge is -2.17. The second-order valence-corrected chi connectivity index (χ2v) is 4.23. The molecular weight excluding hydrogens is 176 g/mol. The molecule has 0 aromatic rings. The van der Waals surface area contributed by atoms with Gasteiger partial charge in [0.1, 0.15) is 0 Å². The molecule has 2 atom stereocenters. The quantitative estimate of drug-likeness (QED) is 0.582. The minimum atomic E-state index is -0.153. The van der Waals surface area contributed by atoms with Gasteiger partial charge in [0.05, 0.1) is 6.10 Å². The molecule has 0 bridgehead atoms. The molecule has 0 saturated heterocycles. The molecule has 0 aliphatic carbocycles. The second-order valence-electron chi connectivity index (χ2n) is 4.23. The van der Waals surface area contributed by atoms with Crippen molar-refractivity contribution in [1.82, 2.24) is 0 Å². The standard InChI is InChI=1S/C12H26O2/c1-4-5-7-12(10-11(2)13)8-6-9-14-3/h11-13H,4-10H2,1-3H3. The average molecular weight is 202 g/mol.